The monoisotopic (exact) mass is 445 g/mol. The van der Waals surface area contributed by atoms with E-state index in [4.69, 9.17) is 4.98 Å². The summed E-state index contributed by atoms with van der Waals surface area (Å²) in [5, 5.41) is 21.4. The molecule has 1 heterocycles. The van der Waals surface area contributed by atoms with Gasteiger partial charge in [0.25, 0.3) is 0 Å². The second-order valence-electron chi connectivity index (χ2n) is 8.33. The van der Waals surface area contributed by atoms with Crippen LogP contribution in [0.5, 0.6) is 0 Å². The molecule has 0 spiro atoms. The van der Waals surface area contributed by atoms with E-state index in [1.807, 2.05) is 76.2 Å². The van der Waals surface area contributed by atoms with Gasteiger partial charge in [0.05, 0.1) is 11.8 Å². The van der Waals surface area contributed by atoms with E-state index in [0.717, 1.165) is 27.9 Å². The standard InChI is InChI=1S/C25H27N5OS/c1-16(2)25(5,15-26)28-21(31)14-32-24-27-22(19-10-6-17(3)7-11-19)23(29-30-24)20-12-8-18(4)9-13-20/h6-13,16H,14H2,1-5H3,(H,28,31)/t25-/m0/s1. The fourth-order valence-electron chi connectivity index (χ4n) is 2.95. The number of nitrogens with zero attached hydrogens (tertiary/aromatic N) is 4. The van der Waals surface area contributed by atoms with Crippen molar-refractivity contribution in [1.29, 1.82) is 5.26 Å². The lowest BCUT2D eigenvalue weighted by Crippen LogP contribution is -2.49. The first kappa shape index (κ1) is 23.4. The maximum absolute atomic E-state index is 12.4. The zero-order valence-electron chi connectivity index (χ0n) is 19.0. The van der Waals surface area contributed by atoms with E-state index in [0.29, 0.717) is 10.9 Å². The van der Waals surface area contributed by atoms with Crippen molar-refractivity contribution in [3.8, 4) is 28.6 Å². The molecule has 2 aromatic carbocycles. The normalized spacial score (nSPS) is 12.8. The number of aryl methyl sites for hydroxylation is 2. The van der Waals surface area contributed by atoms with Crippen LogP contribution in [0.2, 0.25) is 0 Å². The van der Waals surface area contributed by atoms with E-state index in [-0.39, 0.29) is 17.6 Å². The summed E-state index contributed by atoms with van der Waals surface area (Å²) in [7, 11) is 0. The third kappa shape index (κ3) is 5.51. The summed E-state index contributed by atoms with van der Waals surface area (Å²) in [5.41, 5.74) is 4.68. The molecule has 0 fully saturated rings. The van der Waals surface area contributed by atoms with Crippen molar-refractivity contribution in [3.05, 3.63) is 59.7 Å². The Kier molecular flexibility index (Phi) is 7.26. The van der Waals surface area contributed by atoms with E-state index < -0.39 is 5.54 Å². The van der Waals surface area contributed by atoms with Crippen molar-refractivity contribution < 1.29 is 4.79 Å². The Morgan fingerprint density at radius 3 is 2.03 bits per heavy atom. The number of amides is 1. The molecule has 32 heavy (non-hydrogen) atoms. The van der Waals surface area contributed by atoms with Gasteiger partial charge in [-0.05, 0) is 26.7 Å². The molecule has 0 aliphatic heterocycles. The predicted molar refractivity (Wildman–Crippen MR) is 128 cm³/mol. The van der Waals surface area contributed by atoms with Gasteiger partial charge in [0, 0.05) is 11.1 Å². The van der Waals surface area contributed by atoms with Crippen molar-refractivity contribution in [2.75, 3.05) is 5.75 Å². The molecule has 1 aromatic heterocycles. The van der Waals surface area contributed by atoms with Crippen LogP contribution in [0.15, 0.2) is 53.7 Å². The van der Waals surface area contributed by atoms with Crippen LogP contribution in [0.4, 0.5) is 0 Å². The zero-order valence-corrected chi connectivity index (χ0v) is 19.8. The van der Waals surface area contributed by atoms with E-state index in [1.54, 1.807) is 6.92 Å². The molecule has 1 N–H and O–H groups in total. The molecular formula is C25H27N5OS. The largest absolute Gasteiger partial charge is 0.337 e. The summed E-state index contributed by atoms with van der Waals surface area (Å²) in [5.74, 6) is -0.153. The van der Waals surface area contributed by atoms with Crippen LogP contribution in [0.25, 0.3) is 22.5 Å². The Labute approximate surface area is 193 Å². The summed E-state index contributed by atoms with van der Waals surface area (Å²) in [6.07, 6.45) is 0. The van der Waals surface area contributed by atoms with Crippen molar-refractivity contribution in [2.45, 2.75) is 45.3 Å². The topological polar surface area (TPSA) is 91.6 Å². The predicted octanol–water partition coefficient (Wildman–Crippen LogP) is 4.97. The van der Waals surface area contributed by atoms with Crippen LogP contribution in [-0.4, -0.2) is 32.4 Å². The zero-order chi connectivity index (χ0) is 23.3. The first-order chi connectivity index (χ1) is 15.2. The van der Waals surface area contributed by atoms with Crippen LogP contribution in [0, 0.1) is 31.1 Å². The number of nitrogens with one attached hydrogen (secondary N) is 1. The van der Waals surface area contributed by atoms with Gasteiger partial charge in [-0.15, -0.1) is 10.2 Å². The van der Waals surface area contributed by atoms with Gasteiger partial charge in [0.15, 0.2) is 0 Å². The van der Waals surface area contributed by atoms with Gasteiger partial charge in [-0.1, -0.05) is 85.3 Å². The number of rotatable bonds is 7. The van der Waals surface area contributed by atoms with Crippen LogP contribution in [-0.2, 0) is 4.79 Å². The molecule has 1 amide bonds. The molecule has 0 saturated heterocycles. The lowest BCUT2D eigenvalue weighted by atomic mass is 9.90. The number of hydrogen-bond donors (Lipinski definition) is 1. The second-order valence-corrected chi connectivity index (χ2v) is 9.27. The fourth-order valence-corrected chi connectivity index (χ4v) is 3.53. The third-order valence-electron chi connectivity index (χ3n) is 5.44. The number of carbonyl (C=O) groups excluding carboxylic acids is 1. The molecule has 0 aliphatic rings. The van der Waals surface area contributed by atoms with Crippen LogP contribution in [0.3, 0.4) is 0 Å². The van der Waals surface area contributed by atoms with Crippen molar-refractivity contribution >= 4 is 17.7 Å². The Morgan fingerprint density at radius 1 is 1.00 bits per heavy atom. The lowest BCUT2D eigenvalue weighted by molar-refractivity contribution is -0.120. The Bertz CT molecular complexity index is 1140. The average molecular weight is 446 g/mol. The lowest BCUT2D eigenvalue weighted by Gasteiger charge is -2.27. The van der Waals surface area contributed by atoms with Gasteiger partial charge >= 0.3 is 0 Å². The summed E-state index contributed by atoms with van der Waals surface area (Å²) < 4.78 is 0. The molecule has 0 saturated carbocycles. The Hall–Kier alpha value is -3.24. The number of carbonyl (C=O) groups is 1. The van der Waals surface area contributed by atoms with Crippen molar-refractivity contribution in [3.63, 3.8) is 0 Å². The number of benzene rings is 2. The number of hydrogen-bond acceptors (Lipinski definition) is 6. The SMILES string of the molecule is Cc1ccc(-c2nnc(SCC(=O)N[C@@](C)(C#N)C(C)C)nc2-c2ccc(C)cc2)cc1. The van der Waals surface area contributed by atoms with E-state index in [1.165, 1.54) is 11.8 Å². The minimum absolute atomic E-state index is 0.0127. The Balaban J connectivity index is 1.88. The van der Waals surface area contributed by atoms with Gasteiger partial charge in [-0.3, -0.25) is 4.79 Å². The smallest absolute Gasteiger partial charge is 0.231 e. The summed E-state index contributed by atoms with van der Waals surface area (Å²) >= 11 is 1.20. The number of thioether (sulfide) groups is 1. The van der Waals surface area contributed by atoms with Gasteiger partial charge in [0.1, 0.15) is 16.9 Å². The highest BCUT2D eigenvalue weighted by molar-refractivity contribution is 7.99. The van der Waals surface area contributed by atoms with Gasteiger partial charge in [0.2, 0.25) is 11.1 Å². The molecule has 3 rings (SSSR count). The molecule has 1 atom stereocenters. The summed E-state index contributed by atoms with van der Waals surface area (Å²) in [6, 6.07) is 18.4. The summed E-state index contributed by atoms with van der Waals surface area (Å²) in [6.45, 7) is 9.61. The first-order valence-corrected chi connectivity index (χ1v) is 11.4. The molecule has 0 unspecified atom stereocenters. The fraction of sp³-hybridized carbons (Fsp3) is 0.320. The van der Waals surface area contributed by atoms with Gasteiger partial charge in [-0.25, -0.2) is 4.98 Å². The van der Waals surface area contributed by atoms with Crippen LogP contribution in [0.1, 0.15) is 31.9 Å². The quantitative estimate of drug-likeness (QED) is 0.516. The summed E-state index contributed by atoms with van der Waals surface area (Å²) in [4.78, 5) is 17.2. The van der Waals surface area contributed by atoms with Crippen molar-refractivity contribution in [1.82, 2.24) is 20.5 Å². The van der Waals surface area contributed by atoms with Crippen molar-refractivity contribution in [2.24, 2.45) is 5.92 Å². The van der Waals surface area contributed by atoms with Gasteiger partial charge in [-0.2, -0.15) is 5.26 Å². The first-order valence-electron chi connectivity index (χ1n) is 10.5. The molecule has 3 aromatic rings. The van der Waals surface area contributed by atoms with Gasteiger partial charge < -0.3 is 5.32 Å². The van der Waals surface area contributed by atoms with Crippen LogP contribution < -0.4 is 5.32 Å². The number of aromatic nitrogens is 3. The van der Waals surface area contributed by atoms with E-state index >= 15 is 0 Å². The molecule has 0 radical (unpaired) electrons. The molecular weight excluding hydrogens is 418 g/mol. The molecule has 0 aliphatic carbocycles. The second kappa shape index (κ2) is 9.92. The van der Waals surface area contributed by atoms with E-state index in [9.17, 15) is 10.1 Å². The molecule has 6 nitrogen and oxygen atoms in total. The molecule has 0 bridgehead atoms. The van der Waals surface area contributed by atoms with E-state index in [2.05, 4.69) is 21.6 Å². The average Bonchev–Trinajstić information content (AvgIpc) is 2.78. The highest BCUT2D eigenvalue weighted by Crippen LogP contribution is 2.30. The highest BCUT2D eigenvalue weighted by Gasteiger charge is 2.30. The maximum atomic E-state index is 12.4. The third-order valence-corrected chi connectivity index (χ3v) is 6.27. The maximum Gasteiger partial charge on any atom is 0.231 e. The van der Waals surface area contributed by atoms with Crippen LogP contribution >= 0.6 is 11.8 Å². The highest BCUT2D eigenvalue weighted by atomic mass is 32.2. The molecule has 7 heteroatoms. The molecule has 164 valence electrons. The number of nitriles is 1. The minimum atomic E-state index is -0.918. The minimum Gasteiger partial charge on any atom is -0.337 e. The Morgan fingerprint density at radius 2 is 1.53 bits per heavy atom.